The van der Waals surface area contributed by atoms with Crippen molar-refractivity contribution in [3.05, 3.63) is 52.6 Å². The van der Waals surface area contributed by atoms with Crippen molar-refractivity contribution < 1.29 is 45.3 Å². The van der Waals surface area contributed by atoms with Gasteiger partial charge in [0.2, 0.25) is 0 Å². The second kappa shape index (κ2) is 10.5. The molecule has 2 aromatic rings. The van der Waals surface area contributed by atoms with Crippen molar-refractivity contribution in [2.24, 2.45) is 0 Å². The van der Waals surface area contributed by atoms with E-state index in [0.29, 0.717) is 41.3 Å². The highest BCUT2D eigenvalue weighted by Crippen LogP contribution is 2.44. The van der Waals surface area contributed by atoms with Gasteiger partial charge >= 0.3 is 18.4 Å². The summed E-state index contributed by atoms with van der Waals surface area (Å²) in [5, 5.41) is 3.05. The summed E-state index contributed by atoms with van der Waals surface area (Å²) < 4.78 is 95.4. The number of ether oxygens (including phenoxy) is 3. The molecular weight excluding hydrogens is 494 g/mol. The molecule has 2 atom stereocenters. The number of nitrogens with one attached hydrogen (secondary N) is 1. The van der Waals surface area contributed by atoms with Crippen molar-refractivity contribution in [3.8, 4) is 11.5 Å². The molecule has 36 heavy (non-hydrogen) atoms. The van der Waals surface area contributed by atoms with Crippen molar-refractivity contribution >= 4 is 11.8 Å². The molecule has 2 unspecified atom stereocenters. The number of carbonyl (C=O) groups is 1. The molecule has 3 rings (SSSR count). The number of benzene rings is 2. The fourth-order valence-corrected chi connectivity index (χ4v) is 4.21. The molecule has 0 saturated carbocycles. The molecule has 0 fully saturated rings. The number of anilines is 1. The summed E-state index contributed by atoms with van der Waals surface area (Å²) in [6.45, 7) is 3.29. The van der Waals surface area contributed by atoms with Crippen molar-refractivity contribution in [3.63, 3.8) is 0 Å². The summed E-state index contributed by atoms with van der Waals surface area (Å²) in [7, 11) is 2.84. The molecule has 198 valence electrons. The lowest BCUT2D eigenvalue weighted by Crippen LogP contribution is -2.45. The van der Waals surface area contributed by atoms with Gasteiger partial charge in [-0.2, -0.15) is 26.3 Å². The number of carbonyl (C=O) groups excluding carboxylic acids is 1. The summed E-state index contributed by atoms with van der Waals surface area (Å²) in [6.07, 6.45) is -10.2. The number of hydrogen-bond acceptors (Lipinski definition) is 5. The van der Waals surface area contributed by atoms with Gasteiger partial charge in [0.1, 0.15) is 0 Å². The number of nitrogens with zero attached hydrogens (tertiary/aromatic N) is 1. The van der Waals surface area contributed by atoms with Crippen LogP contribution in [-0.2, 0) is 23.6 Å². The molecule has 1 N–H and O–H groups in total. The Morgan fingerprint density at radius 1 is 0.972 bits per heavy atom. The van der Waals surface area contributed by atoms with E-state index in [2.05, 4.69) is 5.32 Å². The zero-order chi connectivity index (χ0) is 26.8. The molecule has 1 amide bonds. The lowest BCUT2D eigenvalue weighted by Gasteiger charge is -2.39. The standard InChI is InChI=1S/C24H26F6N2O4/c1-5-36-22(33)32-13(2)6-18(17-10-20(34-3)21(35-4)11-19(17)32)31-12-14-7-15(23(25,26)27)9-16(8-14)24(28,29)30/h7-11,13,18,31H,5-6,12H2,1-4H3. The zero-order valence-corrected chi connectivity index (χ0v) is 20.0. The Morgan fingerprint density at radius 3 is 2.03 bits per heavy atom. The fraction of sp³-hybridized carbons (Fsp3) is 0.458. The molecular formula is C24H26F6N2O4. The Morgan fingerprint density at radius 2 is 1.53 bits per heavy atom. The van der Waals surface area contributed by atoms with E-state index in [1.54, 1.807) is 26.0 Å². The Hall–Kier alpha value is -3.15. The summed E-state index contributed by atoms with van der Waals surface area (Å²) in [5.74, 6) is 0.686. The lowest BCUT2D eigenvalue weighted by molar-refractivity contribution is -0.143. The van der Waals surface area contributed by atoms with Crippen LogP contribution in [0.2, 0.25) is 0 Å². The summed E-state index contributed by atoms with van der Waals surface area (Å²) in [5.41, 5.74) is -1.96. The Balaban J connectivity index is 2.00. The number of halogens is 6. The molecule has 0 spiro atoms. The molecule has 0 aromatic heterocycles. The molecule has 0 radical (unpaired) electrons. The number of hydrogen-bond donors (Lipinski definition) is 1. The van der Waals surface area contributed by atoms with E-state index < -0.39 is 41.7 Å². The first-order valence-electron chi connectivity index (χ1n) is 11.0. The predicted molar refractivity (Wildman–Crippen MR) is 119 cm³/mol. The smallest absolute Gasteiger partial charge is 0.416 e. The van der Waals surface area contributed by atoms with Gasteiger partial charge in [-0.05, 0) is 55.7 Å². The van der Waals surface area contributed by atoms with E-state index in [-0.39, 0.29) is 24.8 Å². The third kappa shape index (κ3) is 5.80. The summed E-state index contributed by atoms with van der Waals surface area (Å²) in [4.78, 5) is 14.1. The van der Waals surface area contributed by atoms with E-state index in [4.69, 9.17) is 14.2 Å². The number of methoxy groups -OCH3 is 2. The van der Waals surface area contributed by atoms with Crippen molar-refractivity contribution in [1.82, 2.24) is 5.32 Å². The number of rotatable bonds is 6. The Labute approximate surface area is 204 Å². The van der Waals surface area contributed by atoms with Crippen molar-refractivity contribution in [1.29, 1.82) is 0 Å². The minimum Gasteiger partial charge on any atom is -0.493 e. The van der Waals surface area contributed by atoms with Gasteiger partial charge in [0.25, 0.3) is 0 Å². The highest BCUT2D eigenvalue weighted by atomic mass is 19.4. The van der Waals surface area contributed by atoms with Crippen LogP contribution in [0.15, 0.2) is 30.3 Å². The highest BCUT2D eigenvalue weighted by molar-refractivity contribution is 5.91. The van der Waals surface area contributed by atoms with Crippen LogP contribution in [0, 0.1) is 0 Å². The van der Waals surface area contributed by atoms with Gasteiger partial charge in [0.15, 0.2) is 11.5 Å². The minimum atomic E-state index is -4.94. The van der Waals surface area contributed by atoms with Crippen LogP contribution in [0.25, 0.3) is 0 Å². The van der Waals surface area contributed by atoms with Crippen LogP contribution in [0.4, 0.5) is 36.8 Å². The maximum atomic E-state index is 13.3. The van der Waals surface area contributed by atoms with Crippen LogP contribution in [-0.4, -0.2) is 33.0 Å². The first-order chi connectivity index (χ1) is 16.8. The largest absolute Gasteiger partial charge is 0.493 e. The molecule has 12 heteroatoms. The van der Waals surface area contributed by atoms with Gasteiger partial charge in [0, 0.05) is 24.7 Å². The topological polar surface area (TPSA) is 60.0 Å². The lowest BCUT2D eigenvalue weighted by atomic mass is 9.91. The second-order valence-corrected chi connectivity index (χ2v) is 8.27. The van der Waals surface area contributed by atoms with Crippen molar-refractivity contribution in [2.75, 3.05) is 25.7 Å². The van der Waals surface area contributed by atoms with E-state index in [1.807, 2.05) is 0 Å². The van der Waals surface area contributed by atoms with Crippen LogP contribution < -0.4 is 19.7 Å². The number of fused-ring (bicyclic) bond motifs is 1. The van der Waals surface area contributed by atoms with E-state index >= 15 is 0 Å². The highest BCUT2D eigenvalue weighted by Gasteiger charge is 2.38. The van der Waals surface area contributed by atoms with Gasteiger partial charge < -0.3 is 19.5 Å². The van der Waals surface area contributed by atoms with E-state index in [1.165, 1.54) is 19.1 Å². The minimum absolute atomic E-state index is 0.0931. The quantitative estimate of drug-likeness (QED) is 0.452. The summed E-state index contributed by atoms with van der Waals surface area (Å²) in [6, 6.07) is 3.75. The summed E-state index contributed by atoms with van der Waals surface area (Å²) >= 11 is 0. The SMILES string of the molecule is CCOC(=O)N1c2cc(OC)c(OC)cc2C(NCc2cc(C(F)(F)F)cc(C(F)(F)F)c2)CC1C. The first kappa shape index (κ1) is 27.4. The van der Waals surface area contributed by atoms with Crippen molar-refractivity contribution in [2.45, 2.75) is 51.2 Å². The first-order valence-corrected chi connectivity index (χ1v) is 11.0. The van der Waals surface area contributed by atoms with Gasteiger partial charge in [-0.3, -0.25) is 4.90 Å². The molecule has 0 saturated heterocycles. The van der Waals surface area contributed by atoms with Gasteiger partial charge in [-0.15, -0.1) is 0 Å². The molecule has 2 aromatic carbocycles. The molecule has 1 heterocycles. The predicted octanol–water partition coefficient (Wildman–Crippen LogP) is 6.33. The molecule has 1 aliphatic rings. The monoisotopic (exact) mass is 520 g/mol. The fourth-order valence-electron chi connectivity index (χ4n) is 4.21. The van der Waals surface area contributed by atoms with E-state index in [0.717, 1.165) is 0 Å². The van der Waals surface area contributed by atoms with Gasteiger partial charge in [-0.25, -0.2) is 4.79 Å². The Bertz CT molecular complexity index is 1070. The van der Waals surface area contributed by atoms with Crippen LogP contribution in [0.1, 0.15) is 48.6 Å². The normalized spacial score (nSPS) is 18.0. The maximum absolute atomic E-state index is 13.3. The molecule has 1 aliphatic heterocycles. The number of amides is 1. The average molecular weight is 520 g/mol. The van der Waals surface area contributed by atoms with E-state index in [9.17, 15) is 31.1 Å². The second-order valence-electron chi connectivity index (χ2n) is 8.27. The molecule has 6 nitrogen and oxygen atoms in total. The zero-order valence-electron chi connectivity index (χ0n) is 20.0. The average Bonchev–Trinajstić information content (AvgIpc) is 2.80. The third-order valence-corrected chi connectivity index (χ3v) is 5.85. The molecule has 0 aliphatic carbocycles. The number of alkyl halides is 6. The Kier molecular flexibility index (Phi) is 7.97. The van der Waals surface area contributed by atoms with Gasteiger partial charge in [-0.1, -0.05) is 0 Å². The van der Waals surface area contributed by atoms with Gasteiger partial charge in [0.05, 0.1) is 37.6 Å². The van der Waals surface area contributed by atoms with Crippen LogP contribution in [0.5, 0.6) is 11.5 Å². The maximum Gasteiger partial charge on any atom is 0.416 e. The van der Waals surface area contributed by atoms with Crippen LogP contribution in [0.3, 0.4) is 0 Å². The van der Waals surface area contributed by atoms with Crippen LogP contribution >= 0.6 is 0 Å². The molecule has 0 bridgehead atoms. The third-order valence-electron chi connectivity index (χ3n) is 5.85.